The minimum Gasteiger partial charge on any atom is -0.368 e. The molecule has 1 heterocycles. The van der Waals surface area contributed by atoms with E-state index in [1.807, 2.05) is 29.2 Å². The summed E-state index contributed by atoms with van der Waals surface area (Å²) in [5.41, 5.74) is 3.45. The van der Waals surface area contributed by atoms with Crippen LogP contribution in [-0.2, 0) is 0 Å². The number of amides is 1. The molecule has 25 heavy (non-hydrogen) atoms. The third kappa shape index (κ3) is 3.05. The molecule has 1 fully saturated rings. The largest absolute Gasteiger partial charge is 0.368 e. The number of benzene rings is 2. The number of nitrogens with zero attached hydrogens (tertiary/aromatic N) is 2. The minimum absolute atomic E-state index is 0.0182. The van der Waals surface area contributed by atoms with Gasteiger partial charge >= 0.3 is 0 Å². The summed E-state index contributed by atoms with van der Waals surface area (Å²) < 4.78 is 0. The first-order valence-electron chi connectivity index (χ1n) is 8.28. The highest BCUT2D eigenvalue weighted by atomic mass is 35.5. The number of fused-ring (bicyclic) bond motifs is 1. The lowest BCUT2D eigenvalue weighted by atomic mass is 10.1. The van der Waals surface area contributed by atoms with Gasteiger partial charge in [-0.25, -0.2) is 0 Å². The number of hydrogen-bond acceptors (Lipinski definition) is 3. The number of rotatable bonds is 2. The maximum Gasteiger partial charge on any atom is 0.254 e. The molecule has 1 amide bonds. The highest BCUT2D eigenvalue weighted by molar-refractivity contribution is 6.31. The number of halogens is 1. The number of hydrogen-bond donors (Lipinski definition) is 0. The quantitative estimate of drug-likeness (QED) is 0.830. The van der Waals surface area contributed by atoms with Gasteiger partial charge in [0.2, 0.25) is 0 Å². The lowest BCUT2D eigenvalue weighted by Gasteiger charge is -2.36. The molecular formula is C20H17ClN2O2. The van der Waals surface area contributed by atoms with Crippen molar-refractivity contribution in [3.8, 4) is 0 Å². The molecular weight excluding hydrogens is 336 g/mol. The van der Waals surface area contributed by atoms with Crippen molar-refractivity contribution in [3.05, 3.63) is 70.3 Å². The van der Waals surface area contributed by atoms with Crippen molar-refractivity contribution in [1.29, 1.82) is 0 Å². The van der Waals surface area contributed by atoms with Crippen molar-refractivity contribution < 1.29 is 9.59 Å². The van der Waals surface area contributed by atoms with Crippen LogP contribution in [-0.4, -0.2) is 42.8 Å². The number of ketones is 1. The van der Waals surface area contributed by atoms with Gasteiger partial charge in [-0.05, 0) is 48.0 Å². The molecule has 0 spiro atoms. The van der Waals surface area contributed by atoms with Crippen molar-refractivity contribution >= 4 is 35.1 Å². The Balaban J connectivity index is 1.44. The monoisotopic (exact) mass is 352 g/mol. The molecule has 4 nitrogen and oxygen atoms in total. The van der Waals surface area contributed by atoms with E-state index in [-0.39, 0.29) is 11.7 Å². The van der Waals surface area contributed by atoms with Crippen LogP contribution < -0.4 is 4.90 Å². The maximum atomic E-state index is 12.6. The zero-order chi connectivity index (χ0) is 17.4. The number of carbonyl (C=O) groups is 2. The van der Waals surface area contributed by atoms with Crippen LogP contribution in [0.2, 0.25) is 5.02 Å². The fraction of sp³-hybridized carbons (Fsp3) is 0.200. The van der Waals surface area contributed by atoms with E-state index < -0.39 is 0 Å². The molecule has 0 bridgehead atoms. The summed E-state index contributed by atoms with van der Waals surface area (Å²) >= 11 is 5.98. The Morgan fingerprint density at radius 1 is 0.960 bits per heavy atom. The molecule has 1 aliphatic heterocycles. The molecule has 0 atom stereocenters. The van der Waals surface area contributed by atoms with Crippen LogP contribution in [0.5, 0.6) is 0 Å². The molecule has 4 rings (SSSR count). The van der Waals surface area contributed by atoms with Gasteiger partial charge in [0.25, 0.3) is 5.91 Å². The van der Waals surface area contributed by atoms with Crippen LogP contribution >= 0.6 is 11.6 Å². The highest BCUT2D eigenvalue weighted by Gasteiger charge is 2.23. The van der Waals surface area contributed by atoms with Crippen molar-refractivity contribution in [1.82, 2.24) is 4.90 Å². The third-order valence-electron chi connectivity index (χ3n) is 4.72. The van der Waals surface area contributed by atoms with E-state index in [0.29, 0.717) is 23.7 Å². The third-order valence-corrected chi connectivity index (χ3v) is 4.95. The van der Waals surface area contributed by atoms with Gasteiger partial charge in [-0.3, -0.25) is 9.59 Å². The van der Waals surface area contributed by atoms with Crippen molar-refractivity contribution in [2.24, 2.45) is 0 Å². The standard InChI is InChI=1S/C20H17ClN2O2/c21-16-3-1-2-15(12-16)20(25)23-10-8-22(9-11-23)17-5-6-18-14(13-17)4-7-19(18)24/h1-7,12-13H,8-11H2. The van der Waals surface area contributed by atoms with Gasteiger partial charge in [0, 0.05) is 48.0 Å². The Kier molecular flexibility index (Phi) is 4.06. The number of allylic oxidation sites excluding steroid dienone is 1. The Hall–Kier alpha value is -2.59. The normalized spacial score (nSPS) is 16.3. The maximum absolute atomic E-state index is 12.6. The van der Waals surface area contributed by atoms with Gasteiger partial charge in [-0.2, -0.15) is 0 Å². The van der Waals surface area contributed by atoms with Gasteiger partial charge in [0.15, 0.2) is 5.78 Å². The average molecular weight is 353 g/mol. The van der Waals surface area contributed by atoms with E-state index in [1.54, 1.807) is 30.3 Å². The number of anilines is 1. The summed E-state index contributed by atoms with van der Waals surface area (Å²) in [5.74, 6) is 0.0862. The van der Waals surface area contributed by atoms with E-state index in [4.69, 9.17) is 11.6 Å². The molecule has 2 aromatic carbocycles. The summed E-state index contributed by atoms with van der Waals surface area (Å²) in [4.78, 5) is 28.4. The van der Waals surface area contributed by atoms with Crippen molar-refractivity contribution in [3.63, 3.8) is 0 Å². The Bertz CT molecular complexity index is 883. The van der Waals surface area contributed by atoms with Gasteiger partial charge in [0.05, 0.1) is 0 Å². The van der Waals surface area contributed by atoms with Gasteiger partial charge in [0.1, 0.15) is 0 Å². The molecule has 0 N–H and O–H groups in total. The lowest BCUT2D eigenvalue weighted by molar-refractivity contribution is 0.0746. The second-order valence-corrected chi connectivity index (χ2v) is 6.70. The molecule has 0 unspecified atom stereocenters. The predicted octanol–water partition coefficient (Wildman–Crippen LogP) is 3.51. The molecule has 1 aliphatic carbocycles. The van der Waals surface area contributed by atoms with Gasteiger partial charge < -0.3 is 9.80 Å². The topological polar surface area (TPSA) is 40.6 Å². The van der Waals surface area contributed by atoms with Crippen LogP contribution in [0, 0.1) is 0 Å². The Morgan fingerprint density at radius 3 is 2.52 bits per heavy atom. The lowest BCUT2D eigenvalue weighted by Crippen LogP contribution is -2.48. The Labute approximate surface area is 151 Å². The zero-order valence-electron chi connectivity index (χ0n) is 13.6. The van der Waals surface area contributed by atoms with E-state index in [9.17, 15) is 9.59 Å². The smallest absolute Gasteiger partial charge is 0.254 e. The molecule has 0 radical (unpaired) electrons. The average Bonchev–Trinajstić information content (AvgIpc) is 3.02. The molecule has 0 saturated carbocycles. The molecule has 126 valence electrons. The summed E-state index contributed by atoms with van der Waals surface area (Å²) in [6.07, 6.45) is 3.47. The predicted molar refractivity (Wildman–Crippen MR) is 99.4 cm³/mol. The minimum atomic E-state index is 0.0182. The fourth-order valence-corrected chi connectivity index (χ4v) is 3.53. The number of piperazine rings is 1. The van der Waals surface area contributed by atoms with Crippen LogP contribution in [0.4, 0.5) is 5.69 Å². The van der Waals surface area contributed by atoms with Crippen LogP contribution in [0.15, 0.2) is 48.5 Å². The first-order valence-corrected chi connectivity index (χ1v) is 8.66. The summed E-state index contributed by atoms with van der Waals surface area (Å²) in [7, 11) is 0. The van der Waals surface area contributed by atoms with Crippen LogP contribution in [0.3, 0.4) is 0 Å². The number of carbonyl (C=O) groups excluding carboxylic acids is 2. The second kappa shape index (κ2) is 6.37. The second-order valence-electron chi connectivity index (χ2n) is 6.26. The molecule has 5 heteroatoms. The fourth-order valence-electron chi connectivity index (χ4n) is 3.34. The zero-order valence-corrected chi connectivity index (χ0v) is 14.4. The molecule has 2 aliphatic rings. The first kappa shape index (κ1) is 15.9. The van der Waals surface area contributed by atoms with E-state index >= 15 is 0 Å². The summed E-state index contributed by atoms with van der Waals surface area (Å²) in [5, 5.41) is 0.574. The highest BCUT2D eigenvalue weighted by Crippen LogP contribution is 2.26. The van der Waals surface area contributed by atoms with Gasteiger partial charge in [-0.1, -0.05) is 23.7 Å². The van der Waals surface area contributed by atoms with Crippen LogP contribution in [0.1, 0.15) is 26.3 Å². The van der Waals surface area contributed by atoms with E-state index in [0.717, 1.165) is 29.9 Å². The SMILES string of the molecule is O=C1C=Cc2cc(N3CCN(C(=O)c4cccc(Cl)c4)CC3)ccc21. The van der Waals surface area contributed by atoms with Gasteiger partial charge in [-0.15, -0.1) is 0 Å². The van der Waals surface area contributed by atoms with Crippen molar-refractivity contribution in [2.45, 2.75) is 0 Å². The first-order chi connectivity index (χ1) is 12.1. The van der Waals surface area contributed by atoms with E-state index in [1.165, 1.54) is 0 Å². The van der Waals surface area contributed by atoms with Crippen LogP contribution in [0.25, 0.3) is 6.08 Å². The molecule has 1 saturated heterocycles. The Morgan fingerprint density at radius 2 is 1.76 bits per heavy atom. The van der Waals surface area contributed by atoms with E-state index in [2.05, 4.69) is 4.90 Å². The van der Waals surface area contributed by atoms with Crippen molar-refractivity contribution in [2.75, 3.05) is 31.1 Å². The molecule has 0 aromatic heterocycles. The summed E-state index contributed by atoms with van der Waals surface area (Å²) in [6, 6.07) is 13.0. The molecule has 2 aromatic rings. The summed E-state index contributed by atoms with van der Waals surface area (Å²) in [6.45, 7) is 2.86.